The molecule has 8 heteroatoms. The van der Waals surface area contributed by atoms with Crippen molar-refractivity contribution in [3.05, 3.63) is 54.1 Å². The maximum atomic E-state index is 12.4. The second kappa shape index (κ2) is 11.5. The van der Waals surface area contributed by atoms with Gasteiger partial charge in [-0.25, -0.2) is 4.79 Å². The van der Waals surface area contributed by atoms with E-state index in [1.165, 1.54) is 0 Å². The summed E-state index contributed by atoms with van der Waals surface area (Å²) in [6, 6.07) is 13.3. The second-order valence-corrected chi connectivity index (χ2v) is 6.74. The van der Waals surface area contributed by atoms with Crippen LogP contribution in [-0.4, -0.2) is 37.5 Å². The van der Waals surface area contributed by atoms with E-state index in [-0.39, 0.29) is 30.8 Å². The molecule has 0 heterocycles. The van der Waals surface area contributed by atoms with Crippen LogP contribution in [0.3, 0.4) is 0 Å². The van der Waals surface area contributed by atoms with E-state index < -0.39 is 6.03 Å². The molecule has 0 saturated heterocycles. The van der Waals surface area contributed by atoms with E-state index in [2.05, 4.69) is 21.3 Å². The van der Waals surface area contributed by atoms with Gasteiger partial charge in [-0.1, -0.05) is 19.1 Å². The number of hydrogen-bond donors (Lipinski definition) is 4. The number of carbonyl (C=O) groups is 3. The highest BCUT2D eigenvalue weighted by Gasteiger charge is 2.14. The molecule has 0 fully saturated rings. The first kappa shape index (κ1) is 22.7. The molecule has 0 spiro atoms. The molecule has 4 N–H and O–H groups in total. The predicted octanol–water partition coefficient (Wildman–Crippen LogP) is 3.37. The van der Waals surface area contributed by atoms with Gasteiger partial charge in [0.05, 0.1) is 18.4 Å². The quantitative estimate of drug-likeness (QED) is 0.506. The summed E-state index contributed by atoms with van der Waals surface area (Å²) in [5.74, 6) is 0.150. The third-order valence-corrected chi connectivity index (χ3v) is 4.42. The lowest BCUT2D eigenvalue weighted by Gasteiger charge is -2.14. The molecule has 0 saturated carbocycles. The standard InChI is InChI=1S/C22H28N4O4/c1-4-15(2)24-21(28)18-7-5-6-8-19(18)26-20(27)13-14-23-22(29)25-16-9-11-17(30-3)12-10-16/h5-12,15H,4,13-14H2,1-3H3,(H,24,28)(H,26,27)(H2,23,25,29). The Balaban J connectivity index is 1.81. The number of methoxy groups -OCH3 is 1. The molecule has 0 aromatic heterocycles. The summed E-state index contributed by atoms with van der Waals surface area (Å²) in [5.41, 5.74) is 1.45. The average Bonchev–Trinajstić information content (AvgIpc) is 2.74. The van der Waals surface area contributed by atoms with Gasteiger partial charge >= 0.3 is 6.03 Å². The summed E-state index contributed by atoms with van der Waals surface area (Å²) in [5, 5.41) is 10.9. The fraction of sp³-hybridized carbons (Fsp3) is 0.318. The minimum atomic E-state index is -0.415. The SMILES string of the molecule is CCC(C)NC(=O)c1ccccc1NC(=O)CCNC(=O)Nc1ccc(OC)cc1. The smallest absolute Gasteiger partial charge is 0.319 e. The number of benzene rings is 2. The van der Waals surface area contributed by atoms with Gasteiger partial charge in [-0.15, -0.1) is 0 Å². The fourth-order valence-corrected chi connectivity index (χ4v) is 2.55. The molecule has 160 valence electrons. The molecule has 0 aliphatic heterocycles. The number of hydrogen-bond acceptors (Lipinski definition) is 4. The molecule has 4 amide bonds. The number of rotatable bonds is 9. The number of para-hydroxylation sites is 1. The number of carbonyl (C=O) groups excluding carboxylic acids is 3. The van der Waals surface area contributed by atoms with Crippen molar-refractivity contribution in [1.82, 2.24) is 10.6 Å². The molecule has 2 rings (SSSR count). The van der Waals surface area contributed by atoms with E-state index in [1.807, 2.05) is 13.8 Å². The van der Waals surface area contributed by atoms with E-state index in [0.717, 1.165) is 6.42 Å². The fourth-order valence-electron chi connectivity index (χ4n) is 2.55. The monoisotopic (exact) mass is 412 g/mol. The molecule has 2 aromatic carbocycles. The van der Waals surface area contributed by atoms with Crippen molar-refractivity contribution in [2.75, 3.05) is 24.3 Å². The van der Waals surface area contributed by atoms with Crippen LogP contribution < -0.4 is 26.0 Å². The van der Waals surface area contributed by atoms with Gasteiger partial charge < -0.3 is 26.0 Å². The number of amides is 4. The Bertz CT molecular complexity index is 868. The highest BCUT2D eigenvalue weighted by Crippen LogP contribution is 2.16. The number of nitrogens with one attached hydrogen (secondary N) is 4. The molecular weight excluding hydrogens is 384 g/mol. The Morgan fingerprint density at radius 1 is 1.00 bits per heavy atom. The maximum absolute atomic E-state index is 12.4. The van der Waals surface area contributed by atoms with Crippen LogP contribution in [0.2, 0.25) is 0 Å². The molecule has 30 heavy (non-hydrogen) atoms. The van der Waals surface area contributed by atoms with Crippen molar-refractivity contribution in [3.63, 3.8) is 0 Å². The third kappa shape index (κ3) is 7.12. The van der Waals surface area contributed by atoms with Crippen LogP contribution >= 0.6 is 0 Å². The van der Waals surface area contributed by atoms with Crippen molar-refractivity contribution < 1.29 is 19.1 Å². The zero-order valence-corrected chi connectivity index (χ0v) is 17.5. The highest BCUT2D eigenvalue weighted by molar-refractivity contribution is 6.04. The van der Waals surface area contributed by atoms with E-state index in [4.69, 9.17) is 4.74 Å². The molecule has 1 atom stereocenters. The van der Waals surface area contributed by atoms with Crippen LogP contribution in [-0.2, 0) is 4.79 Å². The van der Waals surface area contributed by atoms with Gasteiger partial charge in [0.25, 0.3) is 5.91 Å². The molecule has 0 bridgehead atoms. The molecule has 0 radical (unpaired) electrons. The summed E-state index contributed by atoms with van der Waals surface area (Å²) in [4.78, 5) is 36.6. The minimum Gasteiger partial charge on any atom is -0.497 e. The molecule has 1 unspecified atom stereocenters. The van der Waals surface area contributed by atoms with Crippen molar-refractivity contribution in [1.29, 1.82) is 0 Å². The molecule has 0 aliphatic carbocycles. The van der Waals surface area contributed by atoms with Gasteiger partial charge in [-0.2, -0.15) is 0 Å². The topological polar surface area (TPSA) is 109 Å². The Kier molecular flexibility index (Phi) is 8.68. The molecular formula is C22H28N4O4. The lowest BCUT2D eigenvalue weighted by Crippen LogP contribution is -2.33. The van der Waals surface area contributed by atoms with Gasteiger partial charge in [0.2, 0.25) is 5.91 Å². The van der Waals surface area contributed by atoms with Gasteiger partial charge in [-0.05, 0) is 49.7 Å². The van der Waals surface area contributed by atoms with E-state index in [9.17, 15) is 14.4 Å². The van der Waals surface area contributed by atoms with Crippen LogP contribution in [0.15, 0.2) is 48.5 Å². The molecule has 8 nitrogen and oxygen atoms in total. The molecule has 2 aromatic rings. The predicted molar refractivity (Wildman–Crippen MR) is 117 cm³/mol. The Morgan fingerprint density at radius 3 is 2.37 bits per heavy atom. The average molecular weight is 412 g/mol. The van der Waals surface area contributed by atoms with Crippen molar-refractivity contribution in [2.24, 2.45) is 0 Å². The summed E-state index contributed by atoms with van der Waals surface area (Å²) in [6.45, 7) is 4.05. The minimum absolute atomic E-state index is 0.0367. The van der Waals surface area contributed by atoms with Gasteiger partial charge in [0.15, 0.2) is 0 Å². The zero-order chi connectivity index (χ0) is 21.9. The number of ether oxygens (including phenoxy) is 1. The van der Waals surface area contributed by atoms with Gasteiger partial charge in [0.1, 0.15) is 5.75 Å². The van der Waals surface area contributed by atoms with Crippen LogP contribution in [0.5, 0.6) is 5.75 Å². The van der Waals surface area contributed by atoms with Crippen molar-refractivity contribution >= 4 is 29.2 Å². The van der Waals surface area contributed by atoms with E-state index >= 15 is 0 Å². The lowest BCUT2D eigenvalue weighted by atomic mass is 10.1. The second-order valence-electron chi connectivity index (χ2n) is 6.74. The third-order valence-electron chi connectivity index (χ3n) is 4.42. The number of anilines is 2. The first-order valence-electron chi connectivity index (χ1n) is 9.81. The van der Waals surface area contributed by atoms with Crippen molar-refractivity contribution in [2.45, 2.75) is 32.7 Å². The number of urea groups is 1. The first-order valence-corrected chi connectivity index (χ1v) is 9.81. The Hall–Kier alpha value is -3.55. The van der Waals surface area contributed by atoms with Gasteiger partial charge in [0, 0.05) is 24.7 Å². The summed E-state index contributed by atoms with van der Waals surface area (Å²) < 4.78 is 5.06. The van der Waals surface area contributed by atoms with Crippen LogP contribution in [0.1, 0.15) is 37.0 Å². The maximum Gasteiger partial charge on any atom is 0.319 e. The largest absolute Gasteiger partial charge is 0.497 e. The zero-order valence-electron chi connectivity index (χ0n) is 17.5. The first-order chi connectivity index (χ1) is 14.4. The van der Waals surface area contributed by atoms with E-state index in [0.29, 0.717) is 22.7 Å². The van der Waals surface area contributed by atoms with Crippen LogP contribution in [0, 0.1) is 0 Å². The Morgan fingerprint density at radius 2 is 1.70 bits per heavy atom. The Labute approximate surface area is 176 Å². The lowest BCUT2D eigenvalue weighted by molar-refractivity contribution is -0.116. The highest BCUT2D eigenvalue weighted by atomic mass is 16.5. The molecule has 0 aliphatic rings. The normalized spacial score (nSPS) is 11.2. The summed E-state index contributed by atoms with van der Waals surface area (Å²) >= 11 is 0. The van der Waals surface area contributed by atoms with Crippen LogP contribution in [0.25, 0.3) is 0 Å². The summed E-state index contributed by atoms with van der Waals surface area (Å²) in [7, 11) is 1.57. The summed E-state index contributed by atoms with van der Waals surface area (Å²) in [6.07, 6.45) is 0.877. The van der Waals surface area contributed by atoms with Crippen LogP contribution in [0.4, 0.5) is 16.2 Å². The van der Waals surface area contributed by atoms with Crippen molar-refractivity contribution in [3.8, 4) is 5.75 Å². The van der Waals surface area contributed by atoms with E-state index in [1.54, 1.807) is 55.6 Å². The van der Waals surface area contributed by atoms with Gasteiger partial charge in [-0.3, -0.25) is 9.59 Å².